The molecule has 1 aromatic rings. The highest BCUT2D eigenvalue weighted by molar-refractivity contribution is 6.31. The van der Waals surface area contributed by atoms with Gasteiger partial charge in [0.2, 0.25) is 0 Å². The summed E-state index contributed by atoms with van der Waals surface area (Å²) >= 11 is 6.06. The Bertz CT molecular complexity index is 522. The van der Waals surface area contributed by atoms with Gasteiger partial charge in [-0.25, -0.2) is 4.39 Å². The van der Waals surface area contributed by atoms with Crippen LogP contribution < -0.4 is 10.6 Å². The number of benzene rings is 1. The van der Waals surface area contributed by atoms with Crippen LogP contribution in [0.25, 0.3) is 0 Å². The van der Waals surface area contributed by atoms with Crippen LogP contribution in [0.1, 0.15) is 31.7 Å². The topological polar surface area (TPSA) is 39.7 Å². The molecule has 2 N–H and O–H groups in total. The van der Waals surface area contributed by atoms with Gasteiger partial charge in [-0.05, 0) is 44.4 Å². The maximum atomic E-state index is 13.8. The fourth-order valence-electron chi connectivity index (χ4n) is 3.08. The quantitative estimate of drug-likeness (QED) is 0.609. The van der Waals surface area contributed by atoms with Crippen LogP contribution >= 0.6 is 11.6 Å². The molecule has 134 valence electrons. The van der Waals surface area contributed by atoms with Gasteiger partial charge >= 0.3 is 0 Å². The van der Waals surface area contributed by atoms with E-state index in [1.807, 2.05) is 0 Å². The first kappa shape index (κ1) is 19.0. The van der Waals surface area contributed by atoms with Crippen molar-refractivity contribution in [3.8, 4) is 0 Å². The van der Waals surface area contributed by atoms with E-state index >= 15 is 0 Å². The molecule has 0 unspecified atom stereocenters. The number of hydrogen-bond donors (Lipinski definition) is 2. The maximum absolute atomic E-state index is 13.8. The molecule has 0 radical (unpaired) electrons. The van der Waals surface area contributed by atoms with E-state index < -0.39 is 0 Å². The van der Waals surface area contributed by atoms with Crippen LogP contribution in [0.4, 0.5) is 4.39 Å². The molecular formula is C18H28ClFN4. The van der Waals surface area contributed by atoms with Gasteiger partial charge in [-0.2, -0.15) is 0 Å². The average molecular weight is 355 g/mol. The molecule has 24 heavy (non-hydrogen) atoms. The third-order valence-electron chi connectivity index (χ3n) is 4.42. The summed E-state index contributed by atoms with van der Waals surface area (Å²) in [7, 11) is 1.76. The van der Waals surface area contributed by atoms with Crippen molar-refractivity contribution in [1.82, 2.24) is 15.5 Å². The maximum Gasteiger partial charge on any atom is 0.191 e. The standard InChI is InChI=1S/C18H28ClFN4/c1-3-11-24-12-8-14(9-13-24)23-18(21-2)22-10-7-15-16(19)5-4-6-17(15)20/h4-6,14H,3,7-13H2,1-2H3,(H2,21,22,23). The van der Waals surface area contributed by atoms with Gasteiger partial charge in [-0.15, -0.1) is 0 Å². The summed E-state index contributed by atoms with van der Waals surface area (Å²) in [5.74, 6) is 0.520. The lowest BCUT2D eigenvalue weighted by atomic mass is 10.1. The van der Waals surface area contributed by atoms with Crippen molar-refractivity contribution in [2.45, 2.75) is 38.6 Å². The van der Waals surface area contributed by atoms with E-state index in [4.69, 9.17) is 11.6 Å². The first-order valence-corrected chi connectivity index (χ1v) is 9.14. The zero-order valence-electron chi connectivity index (χ0n) is 14.6. The number of likely N-dealkylation sites (tertiary alicyclic amines) is 1. The van der Waals surface area contributed by atoms with Crippen LogP contribution in [0.15, 0.2) is 23.2 Å². The molecule has 1 heterocycles. The highest BCUT2D eigenvalue weighted by atomic mass is 35.5. The van der Waals surface area contributed by atoms with Gasteiger partial charge in [-0.3, -0.25) is 4.99 Å². The average Bonchev–Trinajstić information content (AvgIpc) is 2.58. The fraction of sp³-hybridized carbons (Fsp3) is 0.611. The number of hydrogen-bond acceptors (Lipinski definition) is 2. The molecule has 6 heteroatoms. The van der Waals surface area contributed by atoms with Crippen LogP contribution in [0.5, 0.6) is 0 Å². The smallest absolute Gasteiger partial charge is 0.191 e. The Labute approximate surface area is 149 Å². The predicted molar refractivity (Wildman–Crippen MR) is 99.4 cm³/mol. The molecule has 0 atom stereocenters. The van der Waals surface area contributed by atoms with Crippen LogP contribution in [-0.4, -0.2) is 50.1 Å². The van der Waals surface area contributed by atoms with Gasteiger partial charge < -0.3 is 15.5 Å². The van der Waals surface area contributed by atoms with Crippen molar-refractivity contribution in [3.05, 3.63) is 34.6 Å². The van der Waals surface area contributed by atoms with Crippen LogP contribution in [0.3, 0.4) is 0 Å². The summed E-state index contributed by atoms with van der Waals surface area (Å²) in [5.41, 5.74) is 0.551. The number of aliphatic imine (C=N–C) groups is 1. The van der Waals surface area contributed by atoms with Crippen molar-refractivity contribution in [2.75, 3.05) is 33.2 Å². The molecule has 1 aliphatic heterocycles. The molecule has 1 fully saturated rings. The van der Waals surface area contributed by atoms with Crippen molar-refractivity contribution >= 4 is 17.6 Å². The first-order chi connectivity index (χ1) is 11.6. The van der Waals surface area contributed by atoms with Gasteiger partial charge in [0.1, 0.15) is 5.82 Å². The second-order valence-electron chi connectivity index (χ2n) is 6.21. The Morgan fingerprint density at radius 3 is 2.75 bits per heavy atom. The Morgan fingerprint density at radius 2 is 2.12 bits per heavy atom. The summed E-state index contributed by atoms with van der Waals surface area (Å²) in [4.78, 5) is 6.78. The zero-order valence-corrected chi connectivity index (χ0v) is 15.4. The van der Waals surface area contributed by atoms with E-state index in [0.717, 1.165) is 31.9 Å². The van der Waals surface area contributed by atoms with E-state index in [0.29, 0.717) is 29.6 Å². The lowest BCUT2D eigenvalue weighted by molar-refractivity contribution is 0.206. The van der Waals surface area contributed by atoms with Gasteiger partial charge in [-0.1, -0.05) is 24.6 Å². The van der Waals surface area contributed by atoms with Crippen molar-refractivity contribution < 1.29 is 4.39 Å². The summed E-state index contributed by atoms with van der Waals surface area (Å²) in [6, 6.07) is 5.23. The number of rotatable bonds is 6. The van der Waals surface area contributed by atoms with Crippen molar-refractivity contribution in [1.29, 1.82) is 0 Å². The molecule has 0 saturated carbocycles. The lowest BCUT2D eigenvalue weighted by Gasteiger charge is -2.32. The Balaban J connectivity index is 1.75. The molecule has 0 amide bonds. The third kappa shape index (κ3) is 5.64. The second-order valence-corrected chi connectivity index (χ2v) is 6.62. The van der Waals surface area contributed by atoms with E-state index in [9.17, 15) is 4.39 Å². The molecule has 1 aromatic carbocycles. The van der Waals surface area contributed by atoms with Crippen LogP contribution in [0, 0.1) is 5.82 Å². The van der Waals surface area contributed by atoms with Crippen molar-refractivity contribution in [2.24, 2.45) is 4.99 Å². The summed E-state index contributed by atoms with van der Waals surface area (Å²) in [5, 5.41) is 7.20. The van der Waals surface area contributed by atoms with E-state index in [1.54, 1.807) is 19.2 Å². The van der Waals surface area contributed by atoms with E-state index in [2.05, 4.69) is 27.4 Å². The third-order valence-corrected chi connectivity index (χ3v) is 4.78. The second kappa shape index (κ2) is 9.84. The Kier molecular flexibility index (Phi) is 7.79. The molecular weight excluding hydrogens is 327 g/mol. The minimum Gasteiger partial charge on any atom is -0.356 e. The highest BCUT2D eigenvalue weighted by Gasteiger charge is 2.19. The van der Waals surface area contributed by atoms with Gasteiger partial charge in [0.15, 0.2) is 5.96 Å². The number of nitrogens with one attached hydrogen (secondary N) is 2. The molecule has 0 spiro atoms. The molecule has 1 aliphatic rings. The Morgan fingerprint density at radius 1 is 1.38 bits per heavy atom. The minimum absolute atomic E-state index is 0.254. The zero-order chi connectivity index (χ0) is 17.4. The van der Waals surface area contributed by atoms with Gasteiger partial charge in [0, 0.05) is 43.3 Å². The molecule has 0 bridgehead atoms. The SMILES string of the molecule is CCCN1CCC(NC(=NC)NCCc2c(F)cccc2Cl)CC1. The first-order valence-electron chi connectivity index (χ1n) is 8.76. The molecule has 2 rings (SSSR count). The largest absolute Gasteiger partial charge is 0.356 e. The molecule has 4 nitrogen and oxygen atoms in total. The highest BCUT2D eigenvalue weighted by Crippen LogP contribution is 2.19. The number of halogens is 2. The van der Waals surface area contributed by atoms with Gasteiger partial charge in [0.25, 0.3) is 0 Å². The van der Waals surface area contributed by atoms with Gasteiger partial charge in [0.05, 0.1) is 0 Å². The number of piperidine rings is 1. The van der Waals surface area contributed by atoms with E-state index in [-0.39, 0.29) is 5.82 Å². The minimum atomic E-state index is -0.254. The molecule has 0 aromatic heterocycles. The fourth-order valence-corrected chi connectivity index (χ4v) is 3.34. The van der Waals surface area contributed by atoms with Crippen molar-refractivity contribution in [3.63, 3.8) is 0 Å². The predicted octanol–water partition coefficient (Wildman–Crippen LogP) is 3.06. The molecule has 1 saturated heterocycles. The Hall–Kier alpha value is -1.33. The summed E-state index contributed by atoms with van der Waals surface area (Å²) in [6.45, 7) is 6.26. The summed E-state index contributed by atoms with van der Waals surface area (Å²) < 4.78 is 13.8. The van der Waals surface area contributed by atoms with Crippen LogP contribution in [0.2, 0.25) is 5.02 Å². The number of nitrogens with zero attached hydrogens (tertiary/aromatic N) is 2. The van der Waals surface area contributed by atoms with Crippen LogP contribution in [-0.2, 0) is 6.42 Å². The normalized spacial score (nSPS) is 17.1. The number of guanidine groups is 1. The monoisotopic (exact) mass is 354 g/mol. The summed E-state index contributed by atoms with van der Waals surface area (Å²) in [6.07, 6.45) is 3.99. The lowest BCUT2D eigenvalue weighted by Crippen LogP contribution is -2.49. The van der Waals surface area contributed by atoms with E-state index in [1.165, 1.54) is 19.0 Å². The molecule has 0 aliphatic carbocycles.